The fraction of sp³-hybridized carbons (Fsp3) is 0.429. The third-order valence-corrected chi connectivity index (χ3v) is 6.44. The molecule has 36 heavy (non-hydrogen) atoms. The Morgan fingerprint density at radius 3 is 2.36 bits per heavy atom. The molecule has 4 rings (SSSR count). The molecule has 2 aromatic rings. The van der Waals surface area contributed by atoms with Crippen LogP contribution in [0.4, 0.5) is 0 Å². The van der Waals surface area contributed by atoms with Gasteiger partial charge in [0.2, 0.25) is 0 Å². The number of amides is 1. The fourth-order valence-electron chi connectivity index (χ4n) is 4.71. The second-order valence-corrected chi connectivity index (χ2v) is 8.76. The van der Waals surface area contributed by atoms with Gasteiger partial charge in [0, 0.05) is 31.7 Å². The molecule has 0 radical (unpaired) electrons. The van der Waals surface area contributed by atoms with Crippen molar-refractivity contribution in [1.82, 2.24) is 9.80 Å². The molecule has 2 aromatic carbocycles. The van der Waals surface area contributed by atoms with E-state index in [2.05, 4.69) is 4.90 Å². The van der Waals surface area contributed by atoms with Crippen molar-refractivity contribution in [2.45, 2.75) is 26.3 Å². The molecule has 2 heterocycles. The quantitative estimate of drug-likeness (QED) is 0.307. The van der Waals surface area contributed by atoms with E-state index in [1.165, 1.54) is 0 Å². The third-order valence-electron chi connectivity index (χ3n) is 6.44. The molecule has 0 spiro atoms. The number of likely N-dealkylation sites (tertiary alicyclic amines) is 1. The SMILES string of the molecule is CCOc1ccc(C2C(=C(O)c3cccc(OCC)c3)C(=O)C(=O)N2CCCN2CCOCC2)cc1. The topological polar surface area (TPSA) is 88.5 Å². The highest BCUT2D eigenvalue weighted by molar-refractivity contribution is 6.46. The van der Waals surface area contributed by atoms with Gasteiger partial charge in [-0.2, -0.15) is 0 Å². The van der Waals surface area contributed by atoms with Gasteiger partial charge >= 0.3 is 0 Å². The van der Waals surface area contributed by atoms with E-state index in [1.54, 1.807) is 29.2 Å². The van der Waals surface area contributed by atoms with E-state index in [9.17, 15) is 14.7 Å². The zero-order chi connectivity index (χ0) is 25.5. The van der Waals surface area contributed by atoms with Crippen LogP contribution in [-0.4, -0.2) is 79.2 Å². The summed E-state index contributed by atoms with van der Waals surface area (Å²) in [6.45, 7) is 9.13. The minimum Gasteiger partial charge on any atom is -0.507 e. The summed E-state index contributed by atoms with van der Waals surface area (Å²) in [7, 11) is 0. The third kappa shape index (κ3) is 5.71. The number of carbonyl (C=O) groups is 2. The summed E-state index contributed by atoms with van der Waals surface area (Å²) in [4.78, 5) is 30.3. The van der Waals surface area contributed by atoms with E-state index >= 15 is 0 Å². The smallest absolute Gasteiger partial charge is 0.295 e. The van der Waals surface area contributed by atoms with Crippen LogP contribution in [0.1, 0.15) is 37.4 Å². The van der Waals surface area contributed by atoms with Gasteiger partial charge in [0.05, 0.1) is 38.0 Å². The lowest BCUT2D eigenvalue weighted by Gasteiger charge is -2.29. The summed E-state index contributed by atoms with van der Waals surface area (Å²) < 4.78 is 16.5. The van der Waals surface area contributed by atoms with Crippen LogP contribution in [0.5, 0.6) is 11.5 Å². The summed E-state index contributed by atoms with van der Waals surface area (Å²) in [5.74, 6) is -0.198. The monoisotopic (exact) mass is 494 g/mol. The van der Waals surface area contributed by atoms with Crippen molar-refractivity contribution in [3.05, 3.63) is 65.2 Å². The summed E-state index contributed by atoms with van der Waals surface area (Å²) in [6.07, 6.45) is 0.709. The maximum atomic E-state index is 13.3. The van der Waals surface area contributed by atoms with Crippen LogP contribution in [0, 0.1) is 0 Å². The number of benzene rings is 2. The lowest BCUT2D eigenvalue weighted by atomic mass is 9.95. The average molecular weight is 495 g/mol. The molecule has 8 nitrogen and oxygen atoms in total. The summed E-state index contributed by atoms with van der Waals surface area (Å²) in [6, 6.07) is 13.6. The Labute approximate surface area is 212 Å². The maximum Gasteiger partial charge on any atom is 0.295 e. The lowest BCUT2D eigenvalue weighted by Crippen LogP contribution is -2.38. The first-order valence-electron chi connectivity index (χ1n) is 12.6. The molecule has 2 saturated heterocycles. The minimum atomic E-state index is -0.693. The number of morpholine rings is 1. The molecule has 2 fully saturated rings. The molecule has 1 unspecified atom stereocenters. The van der Waals surface area contributed by atoms with Crippen LogP contribution in [-0.2, 0) is 14.3 Å². The second kappa shape index (κ2) is 12.1. The summed E-state index contributed by atoms with van der Waals surface area (Å²) >= 11 is 0. The van der Waals surface area contributed by atoms with E-state index in [-0.39, 0.29) is 11.3 Å². The summed E-state index contributed by atoms with van der Waals surface area (Å²) in [5.41, 5.74) is 1.26. The average Bonchev–Trinajstić information content (AvgIpc) is 3.15. The number of rotatable bonds is 10. The molecule has 1 N–H and O–H groups in total. The zero-order valence-corrected chi connectivity index (χ0v) is 20.9. The normalized spacial score (nSPS) is 20.1. The number of aliphatic hydroxyl groups is 1. The van der Waals surface area contributed by atoms with Crippen LogP contribution >= 0.6 is 0 Å². The molecule has 1 amide bonds. The Morgan fingerprint density at radius 1 is 0.972 bits per heavy atom. The number of nitrogens with zero attached hydrogens (tertiary/aromatic N) is 2. The zero-order valence-electron chi connectivity index (χ0n) is 20.9. The largest absolute Gasteiger partial charge is 0.507 e. The fourth-order valence-corrected chi connectivity index (χ4v) is 4.71. The first kappa shape index (κ1) is 25.7. The Kier molecular flexibility index (Phi) is 8.61. The van der Waals surface area contributed by atoms with E-state index in [4.69, 9.17) is 14.2 Å². The molecule has 2 aliphatic rings. The standard InChI is InChI=1S/C28H34N2O6/c1-3-35-22-11-9-20(10-12-22)25-24(26(31)21-7-5-8-23(19-21)36-4-2)27(32)28(33)30(25)14-6-13-29-15-17-34-18-16-29/h5,7-12,19,25,31H,3-4,6,13-18H2,1-2H3. The van der Waals surface area contributed by atoms with E-state index < -0.39 is 17.7 Å². The van der Waals surface area contributed by atoms with Crippen LogP contribution in [0.2, 0.25) is 0 Å². The predicted octanol–water partition coefficient (Wildman–Crippen LogP) is 3.63. The summed E-state index contributed by atoms with van der Waals surface area (Å²) in [5, 5.41) is 11.3. The highest BCUT2D eigenvalue weighted by Gasteiger charge is 2.45. The number of aliphatic hydroxyl groups excluding tert-OH is 1. The van der Waals surface area contributed by atoms with Crippen molar-refractivity contribution in [3.63, 3.8) is 0 Å². The Morgan fingerprint density at radius 2 is 1.67 bits per heavy atom. The van der Waals surface area contributed by atoms with Gasteiger partial charge in [-0.1, -0.05) is 24.3 Å². The first-order valence-corrected chi connectivity index (χ1v) is 12.6. The number of hydrogen-bond acceptors (Lipinski definition) is 7. The maximum absolute atomic E-state index is 13.3. The van der Waals surface area contributed by atoms with Crippen molar-refractivity contribution >= 4 is 17.4 Å². The molecule has 2 aliphatic heterocycles. The van der Waals surface area contributed by atoms with Gasteiger partial charge in [0.15, 0.2) is 0 Å². The Balaban J connectivity index is 1.67. The van der Waals surface area contributed by atoms with Crippen molar-refractivity contribution in [2.24, 2.45) is 0 Å². The molecular weight excluding hydrogens is 460 g/mol. The van der Waals surface area contributed by atoms with Gasteiger partial charge in [-0.25, -0.2) is 0 Å². The Hall–Kier alpha value is -3.36. The highest BCUT2D eigenvalue weighted by Crippen LogP contribution is 2.40. The predicted molar refractivity (Wildman–Crippen MR) is 136 cm³/mol. The molecular formula is C28H34N2O6. The van der Waals surface area contributed by atoms with Crippen molar-refractivity contribution in [3.8, 4) is 11.5 Å². The lowest BCUT2D eigenvalue weighted by molar-refractivity contribution is -0.140. The number of carbonyl (C=O) groups excluding carboxylic acids is 2. The van der Waals surface area contributed by atoms with Crippen LogP contribution in [0.15, 0.2) is 54.1 Å². The first-order chi connectivity index (χ1) is 17.5. The van der Waals surface area contributed by atoms with Crippen molar-refractivity contribution < 1.29 is 28.9 Å². The van der Waals surface area contributed by atoms with Crippen LogP contribution in [0.3, 0.4) is 0 Å². The highest BCUT2D eigenvalue weighted by atomic mass is 16.5. The number of hydrogen-bond donors (Lipinski definition) is 1. The van der Waals surface area contributed by atoms with Gasteiger partial charge in [0.25, 0.3) is 11.7 Å². The van der Waals surface area contributed by atoms with Gasteiger partial charge in [-0.3, -0.25) is 14.5 Å². The van der Waals surface area contributed by atoms with Gasteiger partial charge < -0.3 is 24.2 Å². The van der Waals surface area contributed by atoms with Gasteiger partial charge in [-0.15, -0.1) is 0 Å². The number of Topliss-reactive ketones (excluding diaryl/α,β-unsaturated/α-hetero) is 1. The molecule has 192 valence electrons. The molecule has 1 atom stereocenters. The minimum absolute atomic E-state index is 0.0872. The molecule has 0 saturated carbocycles. The van der Waals surface area contributed by atoms with Gasteiger partial charge in [0.1, 0.15) is 17.3 Å². The van der Waals surface area contributed by atoms with Crippen LogP contribution in [0.25, 0.3) is 5.76 Å². The van der Waals surface area contributed by atoms with E-state index in [0.29, 0.717) is 56.5 Å². The van der Waals surface area contributed by atoms with E-state index in [1.807, 2.05) is 38.1 Å². The number of ether oxygens (including phenoxy) is 3. The molecule has 8 heteroatoms. The van der Waals surface area contributed by atoms with Crippen molar-refractivity contribution in [2.75, 3.05) is 52.6 Å². The van der Waals surface area contributed by atoms with Crippen molar-refractivity contribution in [1.29, 1.82) is 0 Å². The molecule has 0 aromatic heterocycles. The van der Waals surface area contributed by atoms with Gasteiger partial charge in [-0.05, 0) is 50.1 Å². The van der Waals surface area contributed by atoms with Crippen LogP contribution < -0.4 is 9.47 Å². The number of ketones is 1. The second-order valence-electron chi connectivity index (χ2n) is 8.76. The Bertz CT molecular complexity index is 1090. The molecule has 0 aliphatic carbocycles. The molecule has 0 bridgehead atoms. The van der Waals surface area contributed by atoms with E-state index in [0.717, 1.165) is 25.2 Å².